The lowest BCUT2D eigenvalue weighted by Crippen LogP contribution is -2.21. The summed E-state index contributed by atoms with van der Waals surface area (Å²) in [7, 11) is 0. The van der Waals surface area contributed by atoms with Crippen molar-refractivity contribution in [2.24, 2.45) is 0 Å². The number of rotatable bonds is 4. The average molecular weight is 342 g/mol. The summed E-state index contributed by atoms with van der Waals surface area (Å²) in [4.78, 5) is 4.38. The molecule has 2 aromatic heterocycles. The van der Waals surface area contributed by atoms with Gasteiger partial charge in [-0.1, -0.05) is 47.7 Å². The third-order valence-electron chi connectivity index (χ3n) is 4.76. The number of hydrogen-bond donors (Lipinski definition) is 0. The number of nitrogens with zero attached hydrogens (tertiary/aromatic N) is 4. The lowest BCUT2D eigenvalue weighted by molar-refractivity contribution is 0.204. The molecule has 0 saturated heterocycles. The van der Waals surface area contributed by atoms with Gasteiger partial charge in [-0.25, -0.2) is 9.67 Å². The van der Waals surface area contributed by atoms with Gasteiger partial charge in [-0.05, 0) is 41.3 Å². The van der Waals surface area contributed by atoms with Crippen LogP contribution in [0.4, 0.5) is 0 Å². The number of pyridine rings is 1. The minimum absolute atomic E-state index is 0.0591. The quantitative estimate of drug-likeness (QED) is 0.570. The minimum atomic E-state index is 0.0591. The Morgan fingerprint density at radius 3 is 2.85 bits per heavy atom. The molecule has 0 aliphatic carbocycles. The van der Waals surface area contributed by atoms with Crippen molar-refractivity contribution in [1.29, 1.82) is 0 Å². The molecular formula is C21H18N4O. The van der Waals surface area contributed by atoms with Gasteiger partial charge in [-0.15, -0.1) is 5.10 Å². The van der Waals surface area contributed by atoms with Crippen molar-refractivity contribution in [2.75, 3.05) is 0 Å². The summed E-state index contributed by atoms with van der Waals surface area (Å²) in [5, 5.41) is 8.38. The van der Waals surface area contributed by atoms with Crippen molar-refractivity contribution in [2.45, 2.75) is 25.5 Å². The molecule has 26 heavy (non-hydrogen) atoms. The molecule has 0 bridgehead atoms. The van der Waals surface area contributed by atoms with Gasteiger partial charge < -0.3 is 4.74 Å². The summed E-state index contributed by atoms with van der Waals surface area (Å²) in [6.45, 7) is 0.649. The molecule has 3 heterocycles. The lowest BCUT2D eigenvalue weighted by atomic mass is 10.0. The fraction of sp³-hybridized carbons (Fsp3) is 0.190. The van der Waals surface area contributed by atoms with E-state index in [0.29, 0.717) is 6.54 Å². The van der Waals surface area contributed by atoms with Crippen molar-refractivity contribution < 1.29 is 4.74 Å². The molecule has 0 N–H and O–H groups in total. The maximum Gasteiger partial charge on any atom is 0.178 e. The highest BCUT2D eigenvalue weighted by atomic mass is 16.5. The molecule has 5 nitrogen and oxygen atoms in total. The van der Waals surface area contributed by atoms with E-state index < -0.39 is 0 Å². The normalized spacial score (nSPS) is 15.8. The van der Waals surface area contributed by atoms with Gasteiger partial charge in [0.25, 0.3) is 0 Å². The Labute approximate surface area is 151 Å². The molecule has 1 unspecified atom stereocenters. The molecule has 0 saturated carbocycles. The van der Waals surface area contributed by atoms with Gasteiger partial charge in [0.2, 0.25) is 0 Å². The molecule has 2 aromatic carbocycles. The van der Waals surface area contributed by atoms with Crippen LogP contribution >= 0.6 is 0 Å². The van der Waals surface area contributed by atoms with E-state index in [-0.39, 0.29) is 6.10 Å². The second-order valence-electron chi connectivity index (χ2n) is 6.67. The first-order chi connectivity index (χ1) is 12.8. The van der Waals surface area contributed by atoms with Crippen LogP contribution in [0.5, 0.6) is 5.75 Å². The predicted molar refractivity (Wildman–Crippen MR) is 99.1 cm³/mol. The van der Waals surface area contributed by atoms with Gasteiger partial charge in [-0.2, -0.15) is 0 Å². The van der Waals surface area contributed by atoms with Gasteiger partial charge in [0.15, 0.2) is 5.65 Å². The van der Waals surface area contributed by atoms with Crippen molar-refractivity contribution in [1.82, 2.24) is 20.0 Å². The van der Waals surface area contributed by atoms with E-state index in [1.54, 1.807) is 6.20 Å². The number of aromatic nitrogens is 4. The van der Waals surface area contributed by atoms with Crippen LogP contribution < -0.4 is 4.74 Å². The largest absolute Gasteiger partial charge is 0.488 e. The van der Waals surface area contributed by atoms with E-state index in [9.17, 15) is 0 Å². The van der Waals surface area contributed by atoms with Crippen LogP contribution in [0.25, 0.3) is 11.2 Å². The fourth-order valence-corrected chi connectivity index (χ4v) is 3.54. The Hall–Kier alpha value is -3.21. The maximum absolute atomic E-state index is 6.12. The smallest absolute Gasteiger partial charge is 0.178 e. The zero-order chi connectivity index (χ0) is 17.3. The highest BCUT2D eigenvalue weighted by Crippen LogP contribution is 2.31. The minimum Gasteiger partial charge on any atom is -0.488 e. The van der Waals surface area contributed by atoms with Crippen LogP contribution in [0.3, 0.4) is 0 Å². The standard InChI is InChI=1S/C21H18N4O/c1-2-5-15(6-3-1)11-16-8-9-20-17(12-16)13-18(26-20)14-25-21-19(23-24-25)7-4-10-22-21/h1-10,12,18H,11,13-14H2. The zero-order valence-corrected chi connectivity index (χ0v) is 14.2. The van der Waals surface area contributed by atoms with E-state index in [4.69, 9.17) is 4.74 Å². The number of benzene rings is 2. The highest BCUT2D eigenvalue weighted by molar-refractivity contribution is 5.68. The Balaban J connectivity index is 1.33. The molecule has 1 aliphatic rings. The topological polar surface area (TPSA) is 52.8 Å². The van der Waals surface area contributed by atoms with E-state index in [2.05, 4.69) is 57.8 Å². The molecule has 128 valence electrons. The summed E-state index contributed by atoms with van der Waals surface area (Å²) in [6.07, 6.45) is 3.65. The van der Waals surface area contributed by atoms with Crippen molar-refractivity contribution >= 4 is 11.2 Å². The molecule has 1 atom stereocenters. The number of fused-ring (bicyclic) bond motifs is 2. The molecule has 1 aliphatic heterocycles. The molecule has 0 radical (unpaired) electrons. The molecular weight excluding hydrogens is 324 g/mol. The van der Waals surface area contributed by atoms with E-state index >= 15 is 0 Å². The summed E-state index contributed by atoms with van der Waals surface area (Å²) in [5.41, 5.74) is 5.51. The van der Waals surface area contributed by atoms with E-state index in [1.165, 1.54) is 16.7 Å². The van der Waals surface area contributed by atoms with Crippen molar-refractivity contribution in [3.05, 3.63) is 83.6 Å². The van der Waals surface area contributed by atoms with E-state index in [0.717, 1.165) is 29.8 Å². The highest BCUT2D eigenvalue weighted by Gasteiger charge is 2.24. The van der Waals surface area contributed by atoms with Crippen LogP contribution in [0.15, 0.2) is 66.9 Å². The molecule has 5 heteroatoms. The van der Waals surface area contributed by atoms with Gasteiger partial charge in [0.1, 0.15) is 17.4 Å². The Bertz CT molecular complexity index is 1060. The van der Waals surface area contributed by atoms with Gasteiger partial charge >= 0.3 is 0 Å². The Kier molecular flexibility index (Phi) is 3.63. The van der Waals surface area contributed by atoms with Gasteiger partial charge in [-0.3, -0.25) is 0 Å². The first kappa shape index (κ1) is 15.1. The molecule has 4 aromatic rings. The zero-order valence-electron chi connectivity index (χ0n) is 14.2. The molecule has 0 fully saturated rings. The predicted octanol–water partition coefficient (Wildman–Crippen LogP) is 3.42. The summed E-state index contributed by atoms with van der Waals surface area (Å²) in [6, 6.07) is 20.8. The number of hydrogen-bond acceptors (Lipinski definition) is 4. The lowest BCUT2D eigenvalue weighted by Gasteiger charge is -2.10. The molecule has 0 amide bonds. The first-order valence-electron chi connectivity index (χ1n) is 8.82. The maximum atomic E-state index is 6.12. The number of ether oxygens (including phenoxy) is 1. The molecule has 5 rings (SSSR count). The van der Waals surface area contributed by atoms with E-state index in [1.807, 2.05) is 22.9 Å². The van der Waals surface area contributed by atoms with Crippen molar-refractivity contribution in [3.8, 4) is 5.75 Å². The third-order valence-corrected chi connectivity index (χ3v) is 4.76. The SMILES string of the molecule is c1ccc(Cc2ccc3c(c2)CC(Cn2nnc4cccnc42)O3)cc1. The summed E-state index contributed by atoms with van der Waals surface area (Å²) >= 11 is 0. The van der Waals surface area contributed by atoms with Gasteiger partial charge in [0.05, 0.1) is 6.54 Å². The van der Waals surface area contributed by atoms with Gasteiger partial charge in [0, 0.05) is 12.6 Å². The first-order valence-corrected chi connectivity index (χ1v) is 8.82. The average Bonchev–Trinajstić information content (AvgIpc) is 3.26. The Morgan fingerprint density at radius 1 is 1.00 bits per heavy atom. The summed E-state index contributed by atoms with van der Waals surface area (Å²) in [5.74, 6) is 0.976. The molecule has 0 spiro atoms. The van der Waals surface area contributed by atoms with Crippen LogP contribution in [-0.2, 0) is 19.4 Å². The van der Waals surface area contributed by atoms with Crippen LogP contribution in [0.1, 0.15) is 16.7 Å². The van der Waals surface area contributed by atoms with Crippen LogP contribution in [0, 0.1) is 0 Å². The fourth-order valence-electron chi connectivity index (χ4n) is 3.54. The monoisotopic (exact) mass is 342 g/mol. The Morgan fingerprint density at radius 2 is 1.92 bits per heavy atom. The second kappa shape index (κ2) is 6.26. The van der Waals surface area contributed by atoms with Crippen molar-refractivity contribution in [3.63, 3.8) is 0 Å². The third kappa shape index (κ3) is 2.81. The van der Waals surface area contributed by atoms with Crippen LogP contribution in [0.2, 0.25) is 0 Å². The second-order valence-corrected chi connectivity index (χ2v) is 6.67. The van der Waals surface area contributed by atoms with Crippen LogP contribution in [-0.4, -0.2) is 26.1 Å². The summed E-state index contributed by atoms with van der Waals surface area (Å²) < 4.78 is 7.95.